The van der Waals surface area contributed by atoms with Gasteiger partial charge in [0.05, 0.1) is 12.7 Å². The lowest BCUT2D eigenvalue weighted by molar-refractivity contribution is 0.0526. The summed E-state index contributed by atoms with van der Waals surface area (Å²) in [5.74, 6) is 1.29. The maximum absolute atomic E-state index is 5.75. The van der Waals surface area contributed by atoms with Crippen LogP contribution in [0.5, 0.6) is 0 Å². The molecule has 3 atom stereocenters. The molecule has 0 spiro atoms. The minimum absolute atomic E-state index is 0.434. The third-order valence-corrected chi connectivity index (χ3v) is 3.07. The molecule has 90 valence electrons. The van der Waals surface area contributed by atoms with Gasteiger partial charge in [-0.05, 0) is 25.2 Å². The minimum atomic E-state index is 0.434. The van der Waals surface area contributed by atoms with E-state index in [1.54, 1.807) is 7.11 Å². The molecule has 0 aromatic heterocycles. The topological polar surface area (TPSA) is 30.5 Å². The number of hydrogen-bond donors (Lipinski definition) is 1. The fraction of sp³-hybridized carbons (Fsp3) is 1.00. The summed E-state index contributed by atoms with van der Waals surface area (Å²) in [5.41, 5.74) is 0. The van der Waals surface area contributed by atoms with Crippen LogP contribution in [-0.2, 0) is 9.47 Å². The van der Waals surface area contributed by atoms with Crippen molar-refractivity contribution in [3.63, 3.8) is 0 Å². The van der Waals surface area contributed by atoms with Crippen molar-refractivity contribution in [2.45, 2.75) is 39.3 Å². The van der Waals surface area contributed by atoms with E-state index >= 15 is 0 Å². The van der Waals surface area contributed by atoms with Crippen molar-refractivity contribution in [1.82, 2.24) is 5.32 Å². The Kier molecular flexibility index (Phi) is 5.58. The Hall–Kier alpha value is -0.120. The number of rotatable bonds is 6. The lowest BCUT2D eigenvalue weighted by Gasteiger charge is -2.23. The zero-order chi connectivity index (χ0) is 11.3. The summed E-state index contributed by atoms with van der Waals surface area (Å²) in [7, 11) is 1.74. The Morgan fingerprint density at radius 2 is 2.13 bits per heavy atom. The Bertz CT molecular complexity index is 173. The van der Waals surface area contributed by atoms with E-state index in [4.69, 9.17) is 9.47 Å². The van der Waals surface area contributed by atoms with Crippen LogP contribution >= 0.6 is 0 Å². The average molecular weight is 215 g/mol. The second kappa shape index (κ2) is 6.46. The molecular weight excluding hydrogens is 190 g/mol. The molecule has 15 heavy (non-hydrogen) atoms. The number of hydrogen-bond acceptors (Lipinski definition) is 3. The van der Waals surface area contributed by atoms with Crippen LogP contribution < -0.4 is 5.32 Å². The molecule has 0 aliphatic carbocycles. The maximum Gasteiger partial charge on any atom is 0.0639 e. The van der Waals surface area contributed by atoms with Crippen molar-refractivity contribution in [3.8, 4) is 0 Å². The van der Waals surface area contributed by atoms with Crippen LogP contribution in [0.25, 0.3) is 0 Å². The number of methoxy groups -OCH3 is 1. The van der Waals surface area contributed by atoms with Gasteiger partial charge >= 0.3 is 0 Å². The van der Waals surface area contributed by atoms with Gasteiger partial charge in [0.1, 0.15) is 0 Å². The van der Waals surface area contributed by atoms with Gasteiger partial charge in [0.2, 0.25) is 0 Å². The molecule has 0 bridgehead atoms. The highest BCUT2D eigenvalue weighted by atomic mass is 16.5. The predicted molar refractivity (Wildman–Crippen MR) is 62.0 cm³/mol. The first kappa shape index (κ1) is 12.9. The van der Waals surface area contributed by atoms with Gasteiger partial charge in [-0.2, -0.15) is 0 Å². The van der Waals surface area contributed by atoms with E-state index in [0.29, 0.717) is 24.0 Å². The smallest absolute Gasteiger partial charge is 0.0639 e. The number of nitrogens with one attached hydrogen (secondary N) is 1. The van der Waals surface area contributed by atoms with E-state index in [1.165, 1.54) is 6.42 Å². The molecule has 1 heterocycles. The average Bonchev–Trinajstić information content (AvgIpc) is 2.63. The molecule has 3 unspecified atom stereocenters. The summed E-state index contributed by atoms with van der Waals surface area (Å²) in [6.07, 6.45) is 1.63. The van der Waals surface area contributed by atoms with Crippen LogP contribution in [-0.4, -0.2) is 39.0 Å². The lowest BCUT2D eigenvalue weighted by Crippen LogP contribution is -2.37. The second-order valence-electron chi connectivity index (χ2n) is 4.89. The molecule has 3 nitrogen and oxygen atoms in total. The second-order valence-corrected chi connectivity index (χ2v) is 4.89. The SMILES string of the molecule is COCC(C)NCC1CCOC1C(C)C. The summed E-state index contributed by atoms with van der Waals surface area (Å²) >= 11 is 0. The normalized spacial score (nSPS) is 28.6. The van der Waals surface area contributed by atoms with Gasteiger partial charge in [-0.25, -0.2) is 0 Å². The van der Waals surface area contributed by atoms with Crippen molar-refractivity contribution in [3.05, 3.63) is 0 Å². The first-order chi connectivity index (χ1) is 7.15. The van der Waals surface area contributed by atoms with Gasteiger partial charge in [-0.1, -0.05) is 13.8 Å². The van der Waals surface area contributed by atoms with E-state index in [0.717, 1.165) is 19.8 Å². The quantitative estimate of drug-likeness (QED) is 0.731. The van der Waals surface area contributed by atoms with E-state index in [-0.39, 0.29) is 0 Å². The monoisotopic (exact) mass is 215 g/mol. The fourth-order valence-electron chi connectivity index (χ4n) is 2.27. The molecule has 0 aromatic rings. The summed E-state index contributed by atoms with van der Waals surface area (Å²) in [4.78, 5) is 0. The van der Waals surface area contributed by atoms with Crippen molar-refractivity contribution >= 4 is 0 Å². The van der Waals surface area contributed by atoms with Crippen LogP contribution in [0, 0.1) is 11.8 Å². The van der Waals surface area contributed by atoms with E-state index in [1.807, 2.05) is 0 Å². The zero-order valence-electron chi connectivity index (χ0n) is 10.5. The largest absolute Gasteiger partial charge is 0.383 e. The molecule has 1 aliphatic heterocycles. The van der Waals surface area contributed by atoms with Gasteiger partial charge < -0.3 is 14.8 Å². The summed E-state index contributed by atoms with van der Waals surface area (Å²) < 4.78 is 10.8. The molecule has 3 heteroatoms. The minimum Gasteiger partial charge on any atom is -0.383 e. The van der Waals surface area contributed by atoms with Gasteiger partial charge in [0, 0.05) is 26.3 Å². The highest BCUT2D eigenvalue weighted by Crippen LogP contribution is 2.26. The van der Waals surface area contributed by atoms with Crippen molar-refractivity contribution in [2.24, 2.45) is 11.8 Å². The van der Waals surface area contributed by atoms with E-state index in [2.05, 4.69) is 26.1 Å². The maximum atomic E-state index is 5.75. The summed E-state index contributed by atoms with van der Waals surface area (Å²) in [5, 5.41) is 3.51. The first-order valence-corrected chi connectivity index (χ1v) is 5.99. The molecule has 1 rings (SSSR count). The van der Waals surface area contributed by atoms with Gasteiger partial charge in [-0.3, -0.25) is 0 Å². The van der Waals surface area contributed by atoms with Gasteiger partial charge in [0.15, 0.2) is 0 Å². The Morgan fingerprint density at radius 3 is 2.73 bits per heavy atom. The van der Waals surface area contributed by atoms with Crippen molar-refractivity contribution in [1.29, 1.82) is 0 Å². The Balaban J connectivity index is 2.25. The molecular formula is C12H25NO2. The van der Waals surface area contributed by atoms with Crippen molar-refractivity contribution < 1.29 is 9.47 Å². The standard InChI is InChI=1S/C12H25NO2/c1-9(2)12-11(5-6-15-12)7-13-10(3)8-14-4/h9-13H,5-8H2,1-4H3. The zero-order valence-corrected chi connectivity index (χ0v) is 10.5. The third kappa shape index (κ3) is 4.09. The predicted octanol–water partition coefficient (Wildman–Crippen LogP) is 1.67. The van der Waals surface area contributed by atoms with Crippen LogP contribution in [0.3, 0.4) is 0 Å². The van der Waals surface area contributed by atoms with Gasteiger partial charge in [0.25, 0.3) is 0 Å². The molecule has 1 saturated heterocycles. The van der Waals surface area contributed by atoms with Crippen LogP contribution in [0.2, 0.25) is 0 Å². The highest BCUT2D eigenvalue weighted by molar-refractivity contribution is 4.81. The Morgan fingerprint density at radius 1 is 1.40 bits per heavy atom. The fourth-order valence-corrected chi connectivity index (χ4v) is 2.27. The molecule has 1 N–H and O–H groups in total. The van der Waals surface area contributed by atoms with E-state index in [9.17, 15) is 0 Å². The lowest BCUT2D eigenvalue weighted by atomic mass is 9.93. The van der Waals surface area contributed by atoms with Crippen molar-refractivity contribution in [2.75, 3.05) is 26.9 Å². The molecule has 0 aromatic carbocycles. The van der Waals surface area contributed by atoms with Crippen LogP contribution in [0.1, 0.15) is 27.2 Å². The van der Waals surface area contributed by atoms with Gasteiger partial charge in [-0.15, -0.1) is 0 Å². The first-order valence-electron chi connectivity index (χ1n) is 5.99. The summed E-state index contributed by atoms with van der Waals surface area (Å²) in [6, 6.07) is 0.434. The molecule has 0 amide bonds. The highest BCUT2D eigenvalue weighted by Gasteiger charge is 2.30. The molecule has 1 aliphatic rings. The third-order valence-electron chi connectivity index (χ3n) is 3.07. The van der Waals surface area contributed by atoms with E-state index < -0.39 is 0 Å². The molecule has 0 radical (unpaired) electrons. The summed E-state index contributed by atoms with van der Waals surface area (Å²) in [6.45, 7) is 9.38. The number of ether oxygens (including phenoxy) is 2. The molecule has 0 saturated carbocycles. The Labute approximate surface area is 93.5 Å². The van der Waals surface area contributed by atoms with Crippen LogP contribution in [0.15, 0.2) is 0 Å². The van der Waals surface area contributed by atoms with Crippen LogP contribution in [0.4, 0.5) is 0 Å². The molecule has 1 fully saturated rings.